The maximum absolute atomic E-state index is 12.7. The highest BCUT2D eigenvalue weighted by molar-refractivity contribution is 6.31. The van der Waals surface area contributed by atoms with E-state index in [0.717, 1.165) is 10.9 Å². The highest BCUT2D eigenvalue weighted by Crippen LogP contribution is 2.21. The second-order valence-corrected chi connectivity index (χ2v) is 6.53. The summed E-state index contributed by atoms with van der Waals surface area (Å²) in [5, 5.41) is 12.3. The Hall–Kier alpha value is -2.94. The lowest BCUT2D eigenvalue weighted by molar-refractivity contribution is -0.133. The molecule has 2 aromatic heterocycles. The third-order valence-corrected chi connectivity index (χ3v) is 4.66. The summed E-state index contributed by atoms with van der Waals surface area (Å²) in [4.78, 5) is 31.5. The van der Waals surface area contributed by atoms with Crippen LogP contribution in [0.1, 0.15) is 10.5 Å². The average molecular weight is 374 g/mol. The molecule has 0 radical (unpaired) electrons. The monoisotopic (exact) mass is 373 g/mol. The largest absolute Gasteiger partial charge is 0.350 e. The lowest BCUT2D eigenvalue weighted by atomic mass is 10.2. The quantitative estimate of drug-likeness (QED) is 0.731. The van der Waals surface area contributed by atoms with Crippen molar-refractivity contribution in [2.24, 2.45) is 0 Å². The van der Waals surface area contributed by atoms with Crippen LogP contribution in [0.5, 0.6) is 0 Å². The first-order chi connectivity index (χ1) is 12.6. The van der Waals surface area contributed by atoms with Crippen LogP contribution in [0.4, 0.5) is 0 Å². The molecule has 2 amide bonds. The van der Waals surface area contributed by atoms with Gasteiger partial charge in [-0.3, -0.25) is 9.59 Å². The number of amides is 2. The van der Waals surface area contributed by atoms with Gasteiger partial charge in [-0.05, 0) is 28.6 Å². The first kappa shape index (κ1) is 16.5. The van der Waals surface area contributed by atoms with Gasteiger partial charge in [-0.25, -0.2) is 4.68 Å². The number of carbonyl (C=O) groups is 2. The van der Waals surface area contributed by atoms with E-state index in [1.54, 1.807) is 21.9 Å². The lowest BCUT2D eigenvalue weighted by Crippen LogP contribution is -2.51. The van der Waals surface area contributed by atoms with E-state index in [2.05, 4.69) is 20.5 Å². The van der Waals surface area contributed by atoms with Crippen molar-refractivity contribution in [1.29, 1.82) is 0 Å². The van der Waals surface area contributed by atoms with Crippen molar-refractivity contribution in [3.05, 3.63) is 41.3 Å². The molecule has 1 N–H and O–H groups in total. The molecule has 1 fully saturated rings. The molecule has 4 rings (SSSR count). The van der Waals surface area contributed by atoms with Crippen LogP contribution in [0.25, 0.3) is 10.9 Å². The zero-order chi connectivity index (χ0) is 18.1. The summed E-state index contributed by atoms with van der Waals surface area (Å²) in [7, 11) is 0. The molecule has 134 valence electrons. The Morgan fingerprint density at radius 2 is 1.88 bits per heavy atom. The van der Waals surface area contributed by atoms with E-state index in [0.29, 0.717) is 36.9 Å². The van der Waals surface area contributed by atoms with E-state index in [1.165, 1.54) is 11.0 Å². The number of aromatic nitrogens is 5. The van der Waals surface area contributed by atoms with Crippen molar-refractivity contribution >= 4 is 34.3 Å². The van der Waals surface area contributed by atoms with Gasteiger partial charge in [-0.1, -0.05) is 17.7 Å². The third-order valence-electron chi connectivity index (χ3n) is 4.42. The Morgan fingerprint density at radius 1 is 1.12 bits per heavy atom. The van der Waals surface area contributed by atoms with E-state index in [4.69, 9.17) is 11.6 Å². The Balaban J connectivity index is 1.39. The number of hydrogen-bond donors (Lipinski definition) is 1. The van der Waals surface area contributed by atoms with Gasteiger partial charge < -0.3 is 14.8 Å². The molecular weight excluding hydrogens is 358 g/mol. The summed E-state index contributed by atoms with van der Waals surface area (Å²) in [5.74, 6) is -0.144. The number of nitrogens with zero attached hydrogens (tertiary/aromatic N) is 6. The fraction of sp³-hybridized carbons (Fsp3) is 0.312. The summed E-state index contributed by atoms with van der Waals surface area (Å²) in [6.07, 6.45) is 1.40. The molecule has 0 bridgehead atoms. The maximum Gasteiger partial charge on any atom is 0.270 e. The van der Waals surface area contributed by atoms with Crippen LogP contribution in [-0.4, -0.2) is 73.0 Å². The molecule has 1 aliphatic heterocycles. The van der Waals surface area contributed by atoms with Crippen molar-refractivity contribution in [2.45, 2.75) is 6.54 Å². The molecule has 0 atom stereocenters. The van der Waals surface area contributed by atoms with Crippen molar-refractivity contribution in [3.63, 3.8) is 0 Å². The van der Waals surface area contributed by atoms with Crippen LogP contribution in [0.15, 0.2) is 30.6 Å². The summed E-state index contributed by atoms with van der Waals surface area (Å²) in [5.41, 5.74) is 1.35. The molecule has 26 heavy (non-hydrogen) atoms. The number of piperazine rings is 1. The Morgan fingerprint density at radius 3 is 2.62 bits per heavy atom. The summed E-state index contributed by atoms with van der Waals surface area (Å²) in [6.45, 7) is 2.04. The second-order valence-electron chi connectivity index (χ2n) is 6.09. The van der Waals surface area contributed by atoms with Crippen LogP contribution in [0.2, 0.25) is 5.02 Å². The van der Waals surface area contributed by atoms with Crippen molar-refractivity contribution in [1.82, 2.24) is 35.0 Å². The van der Waals surface area contributed by atoms with Gasteiger partial charge in [0.25, 0.3) is 5.91 Å². The van der Waals surface area contributed by atoms with Gasteiger partial charge in [0.05, 0.1) is 0 Å². The maximum atomic E-state index is 12.7. The number of halogens is 1. The third kappa shape index (κ3) is 3.25. The Bertz CT molecular complexity index is 945. The zero-order valence-corrected chi connectivity index (χ0v) is 14.6. The van der Waals surface area contributed by atoms with E-state index in [1.807, 2.05) is 12.1 Å². The van der Waals surface area contributed by atoms with Gasteiger partial charge in [-0.15, -0.1) is 5.10 Å². The highest BCUT2D eigenvalue weighted by atomic mass is 35.5. The average Bonchev–Trinajstić information content (AvgIpc) is 3.30. The van der Waals surface area contributed by atoms with Crippen LogP contribution in [0.3, 0.4) is 0 Å². The second kappa shape index (κ2) is 6.75. The van der Waals surface area contributed by atoms with Gasteiger partial charge in [0, 0.05) is 42.1 Å². The minimum Gasteiger partial charge on any atom is -0.350 e. The Labute approximate surface area is 153 Å². The smallest absolute Gasteiger partial charge is 0.270 e. The number of rotatable bonds is 3. The fourth-order valence-corrected chi connectivity index (χ4v) is 3.21. The molecule has 3 heterocycles. The first-order valence-electron chi connectivity index (χ1n) is 8.16. The number of H-pyrrole nitrogens is 1. The van der Waals surface area contributed by atoms with E-state index in [-0.39, 0.29) is 18.4 Å². The number of tetrazole rings is 1. The SMILES string of the molecule is O=C(Cn1cnnn1)N1CCN(C(=O)c2cc3ccc(Cl)cc3[nH]2)CC1. The fourth-order valence-electron chi connectivity index (χ4n) is 3.04. The van der Waals surface area contributed by atoms with Crippen LogP contribution in [0, 0.1) is 0 Å². The minimum absolute atomic E-state index is 0.0651. The molecule has 0 unspecified atom stereocenters. The molecule has 3 aromatic rings. The molecule has 0 aliphatic carbocycles. The molecule has 0 saturated carbocycles. The minimum atomic E-state index is -0.0788. The van der Waals surface area contributed by atoms with Crippen molar-refractivity contribution in [2.75, 3.05) is 26.2 Å². The predicted molar refractivity (Wildman–Crippen MR) is 93.6 cm³/mol. The molecule has 9 nitrogen and oxygen atoms in total. The van der Waals surface area contributed by atoms with Gasteiger partial charge in [0.2, 0.25) is 5.91 Å². The van der Waals surface area contributed by atoms with Gasteiger partial charge >= 0.3 is 0 Å². The first-order valence-corrected chi connectivity index (χ1v) is 8.54. The topological polar surface area (TPSA) is 100 Å². The predicted octanol–water partition coefficient (Wildman–Crippen LogP) is 0.792. The van der Waals surface area contributed by atoms with E-state index < -0.39 is 0 Å². The number of aromatic amines is 1. The zero-order valence-electron chi connectivity index (χ0n) is 13.8. The number of hydrogen-bond acceptors (Lipinski definition) is 5. The van der Waals surface area contributed by atoms with Crippen molar-refractivity contribution in [3.8, 4) is 0 Å². The molecule has 1 aromatic carbocycles. The van der Waals surface area contributed by atoms with Crippen LogP contribution in [-0.2, 0) is 11.3 Å². The molecule has 10 heteroatoms. The lowest BCUT2D eigenvalue weighted by Gasteiger charge is -2.34. The highest BCUT2D eigenvalue weighted by Gasteiger charge is 2.26. The van der Waals surface area contributed by atoms with Crippen LogP contribution < -0.4 is 0 Å². The standard InChI is InChI=1S/C16H16ClN7O2/c17-12-2-1-11-7-14(19-13(11)8-12)16(26)23-5-3-22(4-6-23)15(25)9-24-10-18-20-21-24/h1-2,7-8,10,19H,3-6,9H2. The normalized spacial score (nSPS) is 14.8. The summed E-state index contributed by atoms with van der Waals surface area (Å²) >= 11 is 5.99. The molecule has 1 saturated heterocycles. The molecular formula is C16H16ClN7O2. The van der Waals surface area contributed by atoms with E-state index >= 15 is 0 Å². The number of benzene rings is 1. The van der Waals surface area contributed by atoms with Gasteiger partial charge in [0.15, 0.2) is 0 Å². The van der Waals surface area contributed by atoms with E-state index in [9.17, 15) is 9.59 Å². The number of nitrogens with one attached hydrogen (secondary N) is 1. The number of carbonyl (C=O) groups excluding carboxylic acids is 2. The molecule has 1 aliphatic rings. The van der Waals surface area contributed by atoms with Crippen molar-refractivity contribution < 1.29 is 9.59 Å². The number of fused-ring (bicyclic) bond motifs is 1. The van der Waals surface area contributed by atoms with Gasteiger partial charge in [0.1, 0.15) is 18.6 Å². The van der Waals surface area contributed by atoms with Crippen LogP contribution >= 0.6 is 11.6 Å². The Kier molecular flexibility index (Phi) is 4.29. The molecule has 0 spiro atoms. The summed E-state index contributed by atoms with van der Waals surface area (Å²) in [6, 6.07) is 7.29. The van der Waals surface area contributed by atoms with Gasteiger partial charge in [-0.2, -0.15) is 0 Å². The summed E-state index contributed by atoms with van der Waals surface area (Å²) < 4.78 is 1.38.